The predicted molar refractivity (Wildman–Crippen MR) is 82.4 cm³/mol. The van der Waals surface area contributed by atoms with Crippen LogP contribution in [0.25, 0.3) is 0 Å². The molecule has 0 heterocycles. The molecule has 0 amide bonds. The molecule has 2 atom stereocenters. The first-order valence-electron chi connectivity index (χ1n) is 6.90. The van der Waals surface area contributed by atoms with Gasteiger partial charge in [-0.25, -0.2) is 0 Å². The highest BCUT2D eigenvalue weighted by Crippen LogP contribution is 2.41. The number of thioether (sulfide) groups is 1. The lowest BCUT2D eigenvalue weighted by Gasteiger charge is -2.37. The second kappa shape index (κ2) is 5.66. The molecule has 100 valence electrons. The Bertz CT molecular complexity index is 400. The third-order valence-corrected chi connectivity index (χ3v) is 5.15. The van der Waals surface area contributed by atoms with Crippen LogP contribution in [0.15, 0.2) is 24.3 Å². The average Bonchev–Trinajstić information content (AvgIpc) is 2.38. The Kier molecular flexibility index (Phi) is 4.39. The highest BCUT2D eigenvalue weighted by atomic mass is 32.2. The molecule has 1 aromatic carbocycles. The van der Waals surface area contributed by atoms with E-state index < -0.39 is 0 Å². The fourth-order valence-corrected chi connectivity index (χ4v) is 3.08. The quantitative estimate of drug-likeness (QED) is 0.876. The lowest BCUT2D eigenvalue weighted by molar-refractivity contribution is 0.359. The Hall–Kier alpha value is -0.470. The first kappa shape index (κ1) is 14.0. The number of hydrogen-bond acceptors (Lipinski definition) is 2. The van der Waals surface area contributed by atoms with Crippen molar-refractivity contribution >= 4 is 11.8 Å². The molecule has 0 bridgehead atoms. The maximum Gasteiger partial charge on any atom is 0.0323 e. The molecule has 2 heteroatoms. The molecular weight excluding hydrogens is 238 g/mol. The van der Waals surface area contributed by atoms with E-state index >= 15 is 0 Å². The van der Waals surface area contributed by atoms with Crippen LogP contribution >= 0.6 is 11.8 Å². The van der Waals surface area contributed by atoms with Crippen LogP contribution in [0.4, 0.5) is 0 Å². The predicted octanol–water partition coefficient (Wildman–Crippen LogP) is 4.14. The summed E-state index contributed by atoms with van der Waals surface area (Å²) in [6.07, 6.45) is 4.71. The van der Waals surface area contributed by atoms with Gasteiger partial charge in [-0.2, -0.15) is 11.8 Å². The molecule has 0 spiro atoms. The van der Waals surface area contributed by atoms with E-state index in [0.29, 0.717) is 16.7 Å². The van der Waals surface area contributed by atoms with E-state index in [-0.39, 0.29) is 0 Å². The van der Waals surface area contributed by atoms with E-state index in [4.69, 9.17) is 0 Å². The molecule has 1 aliphatic rings. The molecule has 1 aromatic rings. The molecule has 0 aromatic heterocycles. The Labute approximate surface area is 116 Å². The molecule has 0 radical (unpaired) electrons. The van der Waals surface area contributed by atoms with Crippen LogP contribution in [0.2, 0.25) is 0 Å². The number of nitrogens with one attached hydrogen (secondary N) is 1. The van der Waals surface area contributed by atoms with Crippen molar-refractivity contribution in [2.24, 2.45) is 0 Å². The standard InChI is InChI=1S/C16H25NS/c1-12(18-4)11-17-15-9-10-16(2,3)14-8-6-5-7-13(14)15/h5-8,12,15,17H,9-11H2,1-4H3. The Balaban J connectivity index is 2.15. The molecule has 2 rings (SSSR count). The van der Waals surface area contributed by atoms with Crippen LogP contribution in [0, 0.1) is 0 Å². The molecule has 1 nitrogen and oxygen atoms in total. The van der Waals surface area contributed by atoms with E-state index in [1.54, 1.807) is 0 Å². The Morgan fingerprint density at radius 2 is 2.11 bits per heavy atom. The third-order valence-electron chi connectivity index (χ3n) is 4.18. The molecule has 0 fully saturated rings. The zero-order chi connectivity index (χ0) is 13.2. The van der Waals surface area contributed by atoms with Crippen molar-refractivity contribution in [2.45, 2.75) is 50.3 Å². The molecule has 18 heavy (non-hydrogen) atoms. The van der Waals surface area contributed by atoms with Gasteiger partial charge in [-0.3, -0.25) is 0 Å². The third kappa shape index (κ3) is 2.92. The van der Waals surface area contributed by atoms with Gasteiger partial charge in [-0.1, -0.05) is 45.0 Å². The van der Waals surface area contributed by atoms with Gasteiger partial charge in [-0.15, -0.1) is 0 Å². The summed E-state index contributed by atoms with van der Waals surface area (Å²) in [5, 5.41) is 4.43. The summed E-state index contributed by atoms with van der Waals surface area (Å²) in [6, 6.07) is 9.50. The minimum atomic E-state index is 0.333. The van der Waals surface area contributed by atoms with Gasteiger partial charge in [0.25, 0.3) is 0 Å². The van der Waals surface area contributed by atoms with Gasteiger partial charge in [0.1, 0.15) is 0 Å². The van der Waals surface area contributed by atoms with Gasteiger partial charge >= 0.3 is 0 Å². The minimum absolute atomic E-state index is 0.333. The lowest BCUT2D eigenvalue weighted by atomic mass is 9.71. The smallest absolute Gasteiger partial charge is 0.0323 e. The van der Waals surface area contributed by atoms with Crippen molar-refractivity contribution in [3.8, 4) is 0 Å². The van der Waals surface area contributed by atoms with E-state index in [9.17, 15) is 0 Å². The van der Waals surface area contributed by atoms with E-state index in [2.05, 4.69) is 56.6 Å². The summed E-state index contributed by atoms with van der Waals surface area (Å²) in [6.45, 7) is 8.12. The normalized spacial score (nSPS) is 23.4. The molecular formula is C16H25NS. The van der Waals surface area contributed by atoms with Crippen LogP contribution in [0.5, 0.6) is 0 Å². The number of rotatable bonds is 4. The lowest BCUT2D eigenvalue weighted by Crippen LogP contribution is -2.34. The number of fused-ring (bicyclic) bond motifs is 1. The van der Waals surface area contributed by atoms with Crippen molar-refractivity contribution in [1.29, 1.82) is 0 Å². The van der Waals surface area contributed by atoms with Gasteiger partial charge in [0.05, 0.1) is 0 Å². The highest BCUT2D eigenvalue weighted by molar-refractivity contribution is 7.99. The topological polar surface area (TPSA) is 12.0 Å². The van der Waals surface area contributed by atoms with Crippen LogP contribution in [-0.4, -0.2) is 18.1 Å². The molecule has 2 unspecified atom stereocenters. The SMILES string of the molecule is CSC(C)CNC1CCC(C)(C)c2ccccc21. The van der Waals surface area contributed by atoms with Gasteiger partial charge in [-0.05, 0) is 35.6 Å². The van der Waals surface area contributed by atoms with Crippen molar-refractivity contribution in [3.63, 3.8) is 0 Å². The first-order chi connectivity index (χ1) is 8.54. The van der Waals surface area contributed by atoms with Crippen molar-refractivity contribution in [3.05, 3.63) is 35.4 Å². The summed E-state index contributed by atoms with van der Waals surface area (Å²) in [5.41, 5.74) is 3.38. The number of hydrogen-bond donors (Lipinski definition) is 1. The first-order valence-corrected chi connectivity index (χ1v) is 8.19. The van der Waals surface area contributed by atoms with Crippen molar-refractivity contribution in [1.82, 2.24) is 5.32 Å². The van der Waals surface area contributed by atoms with Crippen molar-refractivity contribution in [2.75, 3.05) is 12.8 Å². The van der Waals surface area contributed by atoms with E-state index in [1.807, 2.05) is 11.8 Å². The maximum absolute atomic E-state index is 3.75. The largest absolute Gasteiger partial charge is 0.309 e. The van der Waals surface area contributed by atoms with Gasteiger partial charge in [0.2, 0.25) is 0 Å². The second-order valence-electron chi connectivity index (χ2n) is 6.02. The summed E-state index contributed by atoms with van der Waals surface area (Å²) >= 11 is 1.93. The molecule has 0 aliphatic heterocycles. The molecule has 0 saturated carbocycles. The second-order valence-corrected chi connectivity index (χ2v) is 7.29. The summed E-state index contributed by atoms with van der Waals surface area (Å²) < 4.78 is 0. The minimum Gasteiger partial charge on any atom is -0.309 e. The summed E-state index contributed by atoms with van der Waals surface area (Å²) in [5.74, 6) is 0. The zero-order valence-electron chi connectivity index (χ0n) is 12.0. The highest BCUT2D eigenvalue weighted by Gasteiger charge is 2.31. The van der Waals surface area contributed by atoms with Crippen molar-refractivity contribution < 1.29 is 0 Å². The molecule has 0 saturated heterocycles. The number of benzene rings is 1. The average molecular weight is 263 g/mol. The molecule has 1 aliphatic carbocycles. The van der Waals surface area contributed by atoms with Crippen LogP contribution in [0.1, 0.15) is 50.8 Å². The summed E-state index contributed by atoms with van der Waals surface area (Å²) in [7, 11) is 0. The van der Waals surface area contributed by atoms with Gasteiger partial charge < -0.3 is 5.32 Å². The van der Waals surface area contributed by atoms with Crippen LogP contribution in [-0.2, 0) is 5.41 Å². The van der Waals surface area contributed by atoms with Gasteiger partial charge in [0, 0.05) is 17.8 Å². The summed E-state index contributed by atoms with van der Waals surface area (Å²) in [4.78, 5) is 0. The van der Waals surface area contributed by atoms with E-state index in [0.717, 1.165) is 6.54 Å². The maximum atomic E-state index is 3.75. The molecule has 1 N–H and O–H groups in total. The van der Waals surface area contributed by atoms with Crippen LogP contribution < -0.4 is 5.32 Å². The Morgan fingerprint density at radius 1 is 1.39 bits per heavy atom. The fourth-order valence-electron chi connectivity index (χ4n) is 2.82. The van der Waals surface area contributed by atoms with Gasteiger partial charge in [0.15, 0.2) is 0 Å². The zero-order valence-corrected chi connectivity index (χ0v) is 12.8. The monoisotopic (exact) mass is 263 g/mol. The Morgan fingerprint density at radius 3 is 2.83 bits per heavy atom. The van der Waals surface area contributed by atoms with Crippen LogP contribution in [0.3, 0.4) is 0 Å². The fraction of sp³-hybridized carbons (Fsp3) is 0.625. The van der Waals surface area contributed by atoms with E-state index in [1.165, 1.54) is 24.0 Å².